The molecule has 0 aliphatic heterocycles. The third-order valence-electron chi connectivity index (χ3n) is 4.01. The highest BCUT2D eigenvalue weighted by atomic mass is 16.5. The summed E-state index contributed by atoms with van der Waals surface area (Å²) < 4.78 is 10.9. The van der Waals surface area contributed by atoms with Crippen molar-refractivity contribution in [1.29, 1.82) is 0 Å². The van der Waals surface area contributed by atoms with Crippen LogP contribution in [0, 0.1) is 5.41 Å². The number of carbonyl (C=O) groups excluding carboxylic acids is 1. The van der Waals surface area contributed by atoms with Crippen molar-refractivity contribution in [3.63, 3.8) is 0 Å². The normalized spacial score (nSPS) is 16.9. The van der Waals surface area contributed by atoms with E-state index in [0.717, 1.165) is 0 Å². The standard InChI is InChI=1S/C15H19NO5/c1-8(17)10-6-12(20-3)13(7-11(10)16)21-9(2)15(4-5-15)14(18)19/h6-7,9H,4-5,16H2,1-3H3,(H,18,19). The molecule has 3 N–H and O–H groups in total. The van der Waals surface area contributed by atoms with E-state index in [9.17, 15) is 14.7 Å². The van der Waals surface area contributed by atoms with Crippen LogP contribution in [0.2, 0.25) is 0 Å². The molecule has 1 aromatic carbocycles. The van der Waals surface area contributed by atoms with E-state index in [4.69, 9.17) is 15.2 Å². The lowest BCUT2D eigenvalue weighted by Crippen LogP contribution is -2.32. The molecule has 6 heteroatoms. The van der Waals surface area contributed by atoms with Crippen LogP contribution in [0.1, 0.15) is 37.0 Å². The molecule has 21 heavy (non-hydrogen) atoms. The number of hydrogen-bond acceptors (Lipinski definition) is 5. The molecule has 6 nitrogen and oxygen atoms in total. The molecule has 0 aromatic heterocycles. The second-order valence-electron chi connectivity index (χ2n) is 5.37. The van der Waals surface area contributed by atoms with Crippen molar-refractivity contribution in [2.45, 2.75) is 32.8 Å². The molecule has 0 amide bonds. The van der Waals surface area contributed by atoms with E-state index < -0.39 is 17.5 Å². The summed E-state index contributed by atoms with van der Waals surface area (Å²) in [6, 6.07) is 3.02. The van der Waals surface area contributed by atoms with Crippen LogP contribution in [0.4, 0.5) is 5.69 Å². The Bertz CT molecular complexity index is 592. The topological polar surface area (TPSA) is 98.9 Å². The summed E-state index contributed by atoms with van der Waals surface area (Å²) in [6.07, 6.45) is 0.672. The molecule has 0 bridgehead atoms. The minimum atomic E-state index is -0.859. The van der Waals surface area contributed by atoms with Crippen molar-refractivity contribution in [1.82, 2.24) is 0 Å². The molecule has 1 aliphatic rings. The largest absolute Gasteiger partial charge is 0.493 e. The third kappa shape index (κ3) is 2.66. The number of hydrogen-bond donors (Lipinski definition) is 2. The van der Waals surface area contributed by atoms with Gasteiger partial charge in [-0.25, -0.2) is 0 Å². The lowest BCUT2D eigenvalue weighted by Gasteiger charge is -2.22. The van der Waals surface area contributed by atoms with Crippen molar-refractivity contribution < 1.29 is 24.2 Å². The van der Waals surface area contributed by atoms with Crippen LogP contribution in [0.3, 0.4) is 0 Å². The molecule has 1 aromatic rings. The van der Waals surface area contributed by atoms with E-state index in [1.165, 1.54) is 26.2 Å². The molecule has 114 valence electrons. The summed E-state index contributed by atoms with van der Waals surface area (Å²) in [4.78, 5) is 22.8. The Kier molecular flexibility index (Phi) is 3.80. The van der Waals surface area contributed by atoms with Gasteiger partial charge < -0.3 is 20.3 Å². The summed E-state index contributed by atoms with van der Waals surface area (Å²) in [5.74, 6) is -0.320. The molecule has 1 fully saturated rings. The summed E-state index contributed by atoms with van der Waals surface area (Å²) >= 11 is 0. The number of carboxylic acids is 1. The van der Waals surface area contributed by atoms with Crippen molar-refractivity contribution in [3.8, 4) is 11.5 Å². The van der Waals surface area contributed by atoms with Crippen molar-refractivity contribution in [2.24, 2.45) is 5.41 Å². The maximum Gasteiger partial charge on any atom is 0.313 e. The van der Waals surface area contributed by atoms with Gasteiger partial charge in [-0.1, -0.05) is 0 Å². The van der Waals surface area contributed by atoms with Crippen LogP contribution in [0.5, 0.6) is 11.5 Å². The number of carbonyl (C=O) groups is 2. The summed E-state index contributed by atoms with van der Waals surface area (Å²) in [5.41, 5.74) is 5.64. The maximum absolute atomic E-state index is 11.5. The Labute approximate surface area is 122 Å². The lowest BCUT2D eigenvalue weighted by atomic mass is 10.0. The predicted octanol–water partition coefficient (Wildman–Crippen LogP) is 2.11. The van der Waals surface area contributed by atoms with Gasteiger partial charge in [0.1, 0.15) is 11.5 Å². The van der Waals surface area contributed by atoms with Gasteiger partial charge in [-0.3, -0.25) is 9.59 Å². The van der Waals surface area contributed by atoms with Crippen LogP contribution in [-0.4, -0.2) is 30.1 Å². The number of rotatable bonds is 6. The van der Waals surface area contributed by atoms with Crippen LogP contribution >= 0.6 is 0 Å². The number of carboxylic acid groups (broad SMARTS) is 1. The Morgan fingerprint density at radius 3 is 2.38 bits per heavy atom. The zero-order valence-electron chi connectivity index (χ0n) is 12.3. The molecule has 0 heterocycles. The van der Waals surface area contributed by atoms with Gasteiger partial charge in [0.15, 0.2) is 17.3 Å². The molecule has 1 saturated carbocycles. The highest BCUT2D eigenvalue weighted by Gasteiger charge is 2.56. The van der Waals surface area contributed by atoms with Crippen molar-refractivity contribution in [2.75, 3.05) is 12.8 Å². The number of ketones is 1. The average Bonchev–Trinajstić information content (AvgIpc) is 3.19. The zero-order chi connectivity index (χ0) is 15.8. The van der Waals surface area contributed by atoms with Gasteiger partial charge in [0.25, 0.3) is 0 Å². The van der Waals surface area contributed by atoms with Crippen LogP contribution in [0.15, 0.2) is 12.1 Å². The first kappa shape index (κ1) is 15.2. The van der Waals surface area contributed by atoms with Gasteiger partial charge in [0.05, 0.1) is 7.11 Å². The second kappa shape index (κ2) is 5.27. The molecule has 2 rings (SSSR count). The van der Waals surface area contributed by atoms with Crippen LogP contribution in [-0.2, 0) is 4.79 Å². The lowest BCUT2D eigenvalue weighted by molar-refractivity contribution is -0.146. The van der Waals surface area contributed by atoms with Gasteiger partial charge in [0.2, 0.25) is 0 Å². The molecular formula is C15H19NO5. The van der Waals surface area contributed by atoms with Gasteiger partial charge in [-0.15, -0.1) is 0 Å². The molecule has 0 radical (unpaired) electrons. The Hall–Kier alpha value is -2.24. The fourth-order valence-corrected chi connectivity index (χ4v) is 2.36. The fraction of sp³-hybridized carbons (Fsp3) is 0.467. The summed E-state index contributed by atoms with van der Waals surface area (Å²) in [5, 5.41) is 9.27. The van der Waals surface area contributed by atoms with Crippen molar-refractivity contribution >= 4 is 17.4 Å². The minimum absolute atomic E-state index is 0.172. The first-order chi connectivity index (χ1) is 9.81. The average molecular weight is 293 g/mol. The van der Waals surface area contributed by atoms with E-state index in [1.807, 2.05) is 0 Å². The smallest absolute Gasteiger partial charge is 0.313 e. The first-order valence-corrected chi connectivity index (χ1v) is 6.70. The molecule has 1 aliphatic carbocycles. The number of Topliss-reactive ketones (excluding diaryl/α,β-unsaturated/α-hetero) is 1. The number of anilines is 1. The first-order valence-electron chi connectivity index (χ1n) is 6.70. The Morgan fingerprint density at radius 2 is 1.95 bits per heavy atom. The van der Waals surface area contributed by atoms with Crippen LogP contribution < -0.4 is 15.2 Å². The summed E-state index contributed by atoms with van der Waals surface area (Å²) in [6.45, 7) is 3.13. The van der Waals surface area contributed by atoms with Gasteiger partial charge in [0, 0.05) is 17.3 Å². The van der Waals surface area contributed by atoms with Gasteiger partial charge in [-0.2, -0.15) is 0 Å². The van der Waals surface area contributed by atoms with E-state index >= 15 is 0 Å². The Balaban J connectivity index is 2.30. The SMILES string of the molecule is COc1cc(C(C)=O)c(N)cc1OC(C)C1(C(=O)O)CC1. The monoisotopic (exact) mass is 293 g/mol. The van der Waals surface area contributed by atoms with Gasteiger partial charge in [-0.05, 0) is 32.8 Å². The van der Waals surface area contributed by atoms with E-state index in [-0.39, 0.29) is 11.5 Å². The number of nitrogen functional groups attached to an aromatic ring is 1. The van der Waals surface area contributed by atoms with Crippen molar-refractivity contribution in [3.05, 3.63) is 17.7 Å². The quantitative estimate of drug-likeness (QED) is 0.615. The molecule has 1 unspecified atom stereocenters. The fourth-order valence-electron chi connectivity index (χ4n) is 2.36. The molecular weight excluding hydrogens is 274 g/mol. The minimum Gasteiger partial charge on any atom is -0.493 e. The highest BCUT2D eigenvalue weighted by molar-refractivity contribution is 6.00. The van der Waals surface area contributed by atoms with Crippen LogP contribution in [0.25, 0.3) is 0 Å². The number of nitrogens with two attached hydrogens (primary N) is 1. The van der Waals surface area contributed by atoms with E-state index in [2.05, 4.69) is 0 Å². The third-order valence-corrected chi connectivity index (χ3v) is 4.01. The van der Waals surface area contributed by atoms with Gasteiger partial charge >= 0.3 is 5.97 Å². The highest BCUT2D eigenvalue weighted by Crippen LogP contribution is 2.50. The molecule has 0 saturated heterocycles. The number of benzene rings is 1. The maximum atomic E-state index is 11.5. The zero-order valence-corrected chi connectivity index (χ0v) is 12.3. The predicted molar refractivity (Wildman–Crippen MR) is 76.8 cm³/mol. The number of methoxy groups -OCH3 is 1. The molecule has 1 atom stereocenters. The second-order valence-corrected chi connectivity index (χ2v) is 5.37. The number of ether oxygens (including phenoxy) is 2. The summed E-state index contributed by atoms with van der Waals surface area (Å²) in [7, 11) is 1.46. The number of aliphatic carboxylic acids is 1. The van der Waals surface area contributed by atoms with E-state index in [0.29, 0.717) is 29.9 Å². The Morgan fingerprint density at radius 1 is 1.33 bits per heavy atom. The molecule has 0 spiro atoms. The van der Waals surface area contributed by atoms with E-state index in [1.54, 1.807) is 6.92 Å².